The van der Waals surface area contributed by atoms with Gasteiger partial charge in [0, 0.05) is 12.5 Å². The van der Waals surface area contributed by atoms with Crippen molar-refractivity contribution in [1.29, 1.82) is 0 Å². The maximum absolute atomic E-state index is 11.7. The minimum absolute atomic E-state index is 0.101. The van der Waals surface area contributed by atoms with Gasteiger partial charge in [-0.25, -0.2) is 0 Å². The fourth-order valence-corrected chi connectivity index (χ4v) is 2.23. The second-order valence-corrected chi connectivity index (χ2v) is 4.42. The first-order valence-electron chi connectivity index (χ1n) is 5.37. The number of aliphatic hydroxyl groups is 1. The second kappa shape index (κ2) is 4.89. The van der Waals surface area contributed by atoms with Crippen LogP contribution in [0, 0.1) is 5.92 Å². The summed E-state index contributed by atoms with van der Waals surface area (Å²) < 4.78 is 4.83. The fourth-order valence-electron chi connectivity index (χ4n) is 2.03. The maximum atomic E-state index is 11.7. The molecule has 2 N–H and O–H groups in total. The summed E-state index contributed by atoms with van der Waals surface area (Å²) in [5, 5.41) is 12.4. The van der Waals surface area contributed by atoms with Gasteiger partial charge in [-0.15, -0.1) is 0 Å². The highest BCUT2D eigenvalue weighted by atomic mass is 35.5. The van der Waals surface area contributed by atoms with Crippen LogP contribution in [0.5, 0.6) is 0 Å². The van der Waals surface area contributed by atoms with E-state index in [0.717, 1.165) is 19.3 Å². The highest BCUT2D eigenvalue weighted by Gasteiger charge is 2.25. The molecule has 0 bridgehead atoms. The third-order valence-electron chi connectivity index (χ3n) is 3.01. The molecular formula is C11H14ClNO3. The molecule has 16 heavy (non-hydrogen) atoms. The Kier molecular flexibility index (Phi) is 3.51. The Morgan fingerprint density at radius 3 is 3.00 bits per heavy atom. The van der Waals surface area contributed by atoms with E-state index < -0.39 is 0 Å². The Labute approximate surface area is 98.6 Å². The van der Waals surface area contributed by atoms with Crippen molar-refractivity contribution >= 4 is 17.5 Å². The summed E-state index contributed by atoms with van der Waals surface area (Å²) in [4.78, 5) is 11.7. The van der Waals surface area contributed by atoms with Crippen LogP contribution in [0.3, 0.4) is 0 Å². The van der Waals surface area contributed by atoms with Crippen LogP contribution in [-0.4, -0.2) is 23.7 Å². The lowest BCUT2D eigenvalue weighted by molar-refractivity contribution is 0.0916. The van der Waals surface area contributed by atoms with Crippen LogP contribution < -0.4 is 5.32 Å². The number of carbonyl (C=O) groups is 1. The summed E-state index contributed by atoms with van der Waals surface area (Å²) in [6, 6.07) is 1.53. The number of hydrogen-bond donors (Lipinski definition) is 2. The lowest BCUT2D eigenvalue weighted by Crippen LogP contribution is -2.32. The molecule has 1 aliphatic rings. The molecule has 1 heterocycles. The topological polar surface area (TPSA) is 62.5 Å². The average molecular weight is 244 g/mol. The van der Waals surface area contributed by atoms with Crippen LogP contribution in [0.25, 0.3) is 0 Å². The number of carbonyl (C=O) groups excluding carboxylic acids is 1. The number of halogens is 1. The third kappa shape index (κ3) is 2.39. The van der Waals surface area contributed by atoms with Crippen LogP contribution in [0.1, 0.15) is 29.6 Å². The van der Waals surface area contributed by atoms with Crippen LogP contribution in [-0.2, 0) is 0 Å². The van der Waals surface area contributed by atoms with Gasteiger partial charge in [-0.05, 0) is 30.5 Å². The van der Waals surface area contributed by atoms with Crippen LogP contribution in [0.4, 0.5) is 0 Å². The van der Waals surface area contributed by atoms with Crippen molar-refractivity contribution in [3.63, 3.8) is 0 Å². The molecule has 1 aromatic heterocycles. The predicted molar refractivity (Wildman–Crippen MR) is 59.4 cm³/mol. The molecule has 1 aromatic rings. The van der Waals surface area contributed by atoms with Gasteiger partial charge in [-0.1, -0.05) is 6.42 Å². The SMILES string of the molecule is O=C(NCC1CCCC1O)c1ccoc1Cl. The molecule has 0 aliphatic heterocycles. The van der Waals surface area contributed by atoms with Crippen LogP contribution >= 0.6 is 11.6 Å². The van der Waals surface area contributed by atoms with E-state index in [1.54, 1.807) is 0 Å². The number of nitrogens with one attached hydrogen (secondary N) is 1. The highest BCUT2D eigenvalue weighted by molar-refractivity contribution is 6.32. The number of hydrogen-bond acceptors (Lipinski definition) is 3. The molecule has 88 valence electrons. The summed E-state index contributed by atoms with van der Waals surface area (Å²) in [7, 11) is 0. The lowest BCUT2D eigenvalue weighted by atomic mass is 10.1. The summed E-state index contributed by atoms with van der Waals surface area (Å²) in [5.74, 6) is -0.0903. The van der Waals surface area contributed by atoms with Crippen molar-refractivity contribution in [2.24, 2.45) is 5.92 Å². The molecular weight excluding hydrogens is 230 g/mol. The monoisotopic (exact) mass is 243 g/mol. The summed E-state index contributed by atoms with van der Waals surface area (Å²) in [6.07, 6.45) is 3.89. The average Bonchev–Trinajstić information content (AvgIpc) is 2.84. The molecule has 0 spiro atoms. The Balaban J connectivity index is 1.86. The zero-order valence-electron chi connectivity index (χ0n) is 8.78. The summed E-state index contributed by atoms with van der Waals surface area (Å²) in [5.41, 5.74) is 0.342. The molecule has 1 saturated carbocycles. The molecule has 1 fully saturated rings. The Hall–Kier alpha value is -1.00. The van der Waals surface area contributed by atoms with E-state index in [1.165, 1.54) is 12.3 Å². The lowest BCUT2D eigenvalue weighted by Gasteiger charge is -2.14. The minimum atomic E-state index is -0.292. The van der Waals surface area contributed by atoms with E-state index in [2.05, 4.69) is 5.32 Å². The number of amides is 1. The van der Waals surface area contributed by atoms with Gasteiger partial charge >= 0.3 is 0 Å². The Morgan fingerprint density at radius 2 is 2.44 bits per heavy atom. The molecule has 0 saturated heterocycles. The minimum Gasteiger partial charge on any atom is -0.452 e. The zero-order chi connectivity index (χ0) is 11.5. The number of furan rings is 1. The molecule has 1 aliphatic carbocycles. The van der Waals surface area contributed by atoms with E-state index in [1.807, 2.05) is 0 Å². The normalized spacial score (nSPS) is 24.6. The molecule has 1 amide bonds. The van der Waals surface area contributed by atoms with Crippen molar-refractivity contribution in [2.45, 2.75) is 25.4 Å². The Bertz CT molecular complexity index is 377. The molecule has 5 heteroatoms. The van der Waals surface area contributed by atoms with Gasteiger partial charge in [0.05, 0.1) is 17.9 Å². The first kappa shape index (κ1) is 11.5. The van der Waals surface area contributed by atoms with Gasteiger partial charge in [-0.2, -0.15) is 0 Å². The first-order chi connectivity index (χ1) is 7.68. The molecule has 0 radical (unpaired) electrons. The van der Waals surface area contributed by atoms with Crippen molar-refractivity contribution in [1.82, 2.24) is 5.32 Å². The molecule has 2 rings (SSSR count). The molecule has 4 nitrogen and oxygen atoms in total. The van der Waals surface area contributed by atoms with Crippen LogP contribution in [0.15, 0.2) is 16.7 Å². The number of rotatable bonds is 3. The third-order valence-corrected chi connectivity index (χ3v) is 3.30. The number of aliphatic hydroxyl groups excluding tert-OH is 1. The van der Waals surface area contributed by atoms with Crippen LogP contribution in [0.2, 0.25) is 5.22 Å². The first-order valence-corrected chi connectivity index (χ1v) is 5.75. The van der Waals surface area contributed by atoms with Crippen molar-refractivity contribution in [2.75, 3.05) is 6.54 Å². The van der Waals surface area contributed by atoms with Gasteiger partial charge in [0.15, 0.2) is 0 Å². The standard InChI is InChI=1S/C11H14ClNO3/c12-10-8(4-5-16-10)11(15)13-6-7-2-1-3-9(7)14/h4-5,7,9,14H,1-3,6H2,(H,13,15). The summed E-state index contributed by atoms with van der Waals surface area (Å²) >= 11 is 5.68. The van der Waals surface area contributed by atoms with E-state index >= 15 is 0 Å². The largest absolute Gasteiger partial charge is 0.452 e. The van der Waals surface area contributed by atoms with E-state index in [9.17, 15) is 9.90 Å². The smallest absolute Gasteiger partial charge is 0.256 e. The van der Waals surface area contributed by atoms with Gasteiger partial charge in [-0.3, -0.25) is 4.79 Å². The van der Waals surface area contributed by atoms with Crippen molar-refractivity contribution < 1.29 is 14.3 Å². The quantitative estimate of drug-likeness (QED) is 0.851. The predicted octanol–water partition coefficient (Wildman–Crippen LogP) is 1.82. The molecule has 2 atom stereocenters. The molecule has 0 aromatic carbocycles. The van der Waals surface area contributed by atoms with Gasteiger partial charge in [0.2, 0.25) is 5.22 Å². The van der Waals surface area contributed by atoms with E-state index in [4.69, 9.17) is 16.0 Å². The fraction of sp³-hybridized carbons (Fsp3) is 0.545. The highest BCUT2D eigenvalue weighted by Crippen LogP contribution is 2.25. The van der Waals surface area contributed by atoms with Crippen molar-refractivity contribution in [3.8, 4) is 0 Å². The zero-order valence-corrected chi connectivity index (χ0v) is 9.54. The van der Waals surface area contributed by atoms with E-state index in [0.29, 0.717) is 12.1 Å². The second-order valence-electron chi connectivity index (χ2n) is 4.08. The van der Waals surface area contributed by atoms with Gasteiger partial charge < -0.3 is 14.8 Å². The van der Waals surface area contributed by atoms with E-state index in [-0.39, 0.29) is 23.1 Å². The maximum Gasteiger partial charge on any atom is 0.256 e. The van der Waals surface area contributed by atoms with Crippen molar-refractivity contribution in [3.05, 3.63) is 23.1 Å². The Morgan fingerprint density at radius 1 is 1.62 bits per heavy atom. The van der Waals surface area contributed by atoms with Gasteiger partial charge in [0.1, 0.15) is 0 Å². The van der Waals surface area contributed by atoms with Gasteiger partial charge in [0.25, 0.3) is 5.91 Å². The molecule has 2 unspecified atom stereocenters. The summed E-state index contributed by atoms with van der Waals surface area (Å²) in [6.45, 7) is 0.488.